The summed E-state index contributed by atoms with van der Waals surface area (Å²) in [4.78, 5) is 4.57. The van der Waals surface area contributed by atoms with Crippen molar-refractivity contribution < 1.29 is 5.48 Å². The molecule has 228 valence electrons. The zero-order chi connectivity index (χ0) is 31.0. The molecule has 0 saturated heterocycles. The van der Waals surface area contributed by atoms with Crippen molar-refractivity contribution in [2.45, 2.75) is 0 Å². The van der Waals surface area contributed by atoms with Crippen LogP contribution in [0.5, 0.6) is 0 Å². The first kappa shape index (κ1) is 30.8. The Morgan fingerprint density at radius 2 is 0.468 bits per heavy atom. The molecule has 47 heavy (non-hydrogen) atoms. The number of hydrogen-bond donors (Lipinski definition) is 0. The number of hydrogen-bond acceptors (Lipinski definition) is 2. The van der Waals surface area contributed by atoms with E-state index in [-0.39, 0.29) is 5.48 Å². The maximum atomic E-state index is 2.28. The summed E-state index contributed by atoms with van der Waals surface area (Å²) in [5.74, 6) is 0. The van der Waals surface area contributed by atoms with Gasteiger partial charge in [-0.2, -0.15) is 0 Å². The van der Waals surface area contributed by atoms with Crippen LogP contribution in [0.1, 0.15) is 0 Å². The molecule has 8 rings (SSSR count). The molecule has 0 fully saturated rings. The van der Waals surface area contributed by atoms with Crippen LogP contribution in [0.3, 0.4) is 0 Å². The van der Waals surface area contributed by atoms with Crippen molar-refractivity contribution in [2.75, 3.05) is 9.80 Å². The van der Waals surface area contributed by atoms with Crippen LogP contribution < -0.4 is 9.80 Å². The van der Waals surface area contributed by atoms with E-state index in [0.29, 0.717) is 0 Å². The molecular formula is C44H36N2O. The molecule has 0 spiro atoms. The van der Waals surface area contributed by atoms with Crippen LogP contribution in [-0.2, 0) is 0 Å². The molecule has 0 saturated carbocycles. The highest BCUT2D eigenvalue weighted by molar-refractivity contribution is 5.90. The van der Waals surface area contributed by atoms with Gasteiger partial charge in [0.15, 0.2) is 0 Å². The first-order chi connectivity index (χ1) is 22.8. The number of nitrogens with zero attached hydrogens (tertiary/aromatic N) is 2. The Hall–Kier alpha value is -6.16. The fraction of sp³-hybridized carbons (Fsp3) is 0. The lowest BCUT2D eigenvalue weighted by Crippen LogP contribution is -2.09. The predicted molar refractivity (Wildman–Crippen MR) is 201 cm³/mol. The normalized spacial score (nSPS) is 10.4. The molecule has 8 aromatic rings. The van der Waals surface area contributed by atoms with E-state index in [1.807, 2.05) is 24.3 Å². The van der Waals surface area contributed by atoms with Crippen LogP contribution >= 0.6 is 0 Å². The molecule has 3 nitrogen and oxygen atoms in total. The Balaban J connectivity index is 0.000000161. The predicted octanol–water partition coefficient (Wildman–Crippen LogP) is 11.8. The van der Waals surface area contributed by atoms with Gasteiger partial charge in [0.25, 0.3) is 0 Å². The highest BCUT2D eigenvalue weighted by atomic mass is 16.0. The van der Waals surface area contributed by atoms with Gasteiger partial charge in [0.1, 0.15) is 0 Å². The van der Waals surface area contributed by atoms with Crippen LogP contribution in [0.15, 0.2) is 206 Å². The lowest BCUT2D eigenvalue weighted by molar-refractivity contribution is 0.824. The highest BCUT2D eigenvalue weighted by Crippen LogP contribution is 2.37. The average Bonchev–Trinajstić information content (AvgIpc) is 3.14. The summed E-state index contributed by atoms with van der Waals surface area (Å²) >= 11 is 0. The van der Waals surface area contributed by atoms with Crippen molar-refractivity contribution in [3.63, 3.8) is 0 Å². The second kappa shape index (κ2) is 14.7. The minimum Gasteiger partial charge on any atom is -0.412 e. The molecule has 0 heterocycles. The smallest absolute Gasteiger partial charge is 0.0468 e. The summed E-state index contributed by atoms with van der Waals surface area (Å²) in [6.45, 7) is 0. The van der Waals surface area contributed by atoms with Crippen molar-refractivity contribution in [1.29, 1.82) is 0 Å². The highest BCUT2D eigenvalue weighted by Gasteiger charge is 2.13. The Morgan fingerprint density at radius 3 is 0.766 bits per heavy atom. The van der Waals surface area contributed by atoms with E-state index < -0.39 is 0 Å². The fourth-order valence-corrected chi connectivity index (χ4v) is 5.83. The summed E-state index contributed by atoms with van der Waals surface area (Å²) < 4.78 is 0. The number of anilines is 6. The van der Waals surface area contributed by atoms with Crippen LogP contribution in [0.2, 0.25) is 0 Å². The van der Waals surface area contributed by atoms with Crippen LogP contribution in [0.25, 0.3) is 21.5 Å². The molecule has 0 bridgehead atoms. The van der Waals surface area contributed by atoms with E-state index in [4.69, 9.17) is 0 Å². The summed E-state index contributed by atoms with van der Waals surface area (Å²) in [7, 11) is 0. The van der Waals surface area contributed by atoms with Gasteiger partial charge in [0.2, 0.25) is 0 Å². The zero-order valence-corrected chi connectivity index (χ0v) is 26.0. The molecule has 3 heteroatoms. The Morgan fingerprint density at radius 1 is 0.213 bits per heavy atom. The summed E-state index contributed by atoms with van der Waals surface area (Å²) in [6.07, 6.45) is 0. The van der Waals surface area contributed by atoms with Crippen molar-refractivity contribution in [1.82, 2.24) is 0 Å². The molecule has 0 aromatic heterocycles. The molecule has 0 unspecified atom stereocenters. The largest absolute Gasteiger partial charge is 0.412 e. The molecule has 0 aliphatic carbocycles. The van der Waals surface area contributed by atoms with E-state index >= 15 is 0 Å². The van der Waals surface area contributed by atoms with E-state index in [1.165, 1.54) is 32.9 Å². The minimum atomic E-state index is 0. The van der Waals surface area contributed by atoms with Gasteiger partial charge in [-0.1, -0.05) is 133 Å². The maximum absolute atomic E-state index is 2.28. The van der Waals surface area contributed by atoms with E-state index in [0.717, 1.165) is 22.7 Å². The molecule has 8 aromatic carbocycles. The van der Waals surface area contributed by atoms with Gasteiger partial charge in [-0.25, -0.2) is 0 Å². The van der Waals surface area contributed by atoms with E-state index in [9.17, 15) is 0 Å². The third-order valence-electron chi connectivity index (χ3n) is 8.04. The number of para-hydroxylation sites is 4. The van der Waals surface area contributed by atoms with Gasteiger partial charge in [0, 0.05) is 34.1 Å². The molecule has 0 amide bonds. The third kappa shape index (κ3) is 7.07. The fourth-order valence-electron chi connectivity index (χ4n) is 5.83. The molecular weight excluding hydrogens is 572 g/mol. The molecule has 2 N–H and O–H groups in total. The number of benzene rings is 8. The van der Waals surface area contributed by atoms with Gasteiger partial charge in [-0.3, -0.25) is 0 Å². The molecule has 0 atom stereocenters. The summed E-state index contributed by atoms with van der Waals surface area (Å²) in [6, 6.07) is 72.1. The van der Waals surface area contributed by atoms with Gasteiger partial charge in [0.05, 0.1) is 0 Å². The van der Waals surface area contributed by atoms with Crippen LogP contribution in [0.4, 0.5) is 34.1 Å². The first-order valence-corrected chi connectivity index (χ1v) is 15.6. The lowest BCUT2D eigenvalue weighted by atomic mass is 10.1. The zero-order valence-electron chi connectivity index (χ0n) is 26.0. The van der Waals surface area contributed by atoms with Crippen LogP contribution in [-0.4, -0.2) is 5.48 Å². The van der Waals surface area contributed by atoms with Gasteiger partial charge < -0.3 is 15.3 Å². The molecule has 0 aliphatic rings. The van der Waals surface area contributed by atoms with E-state index in [1.54, 1.807) is 0 Å². The Kier molecular flexibility index (Phi) is 9.68. The van der Waals surface area contributed by atoms with Gasteiger partial charge in [-0.05, 0) is 94.3 Å². The summed E-state index contributed by atoms with van der Waals surface area (Å²) in [5, 5.41) is 5.03. The minimum absolute atomic E-state index is 0. The van der Waals surface area contributed by atoms with Crippen molar-refractivity contribution in [3.05, 3.63) is 206 Å². The molecule has 0 radical (unpaired) electrons. The second-order valence-electron chi connectivity index (χ2n) is 11.1. The first-order valence-electron chi connectivity index (χ1n) is 15.6. The van der Waals surface area contributed by atoms with Crippen molar-refractivity contribution in [3.8, 4) is 0 Å². The SMILES string of the molecule is O.c1ccc(N(c2ccccc2)c2ccc3ccccc3c2)cc1.c1ccc(N(c2ccccc2)c2ccc3ccccc3c2)cc1. The topological polar surface area (TPSA) is 38.0 Å². The van der Waals surface area contributed by atoms with Gasteiger partial charge >= 0.3 is 0 Å². The van der Waals surface area contributed by atoms with Crippen LogP contribution in [0, 0.1) is 0 Å². The molecule has 0 aliphatic heterocycles. The number of fused-ring (bicyclic) bond motifs is 2. The quantitative estimate of drug-likeness (QED) is 0.188. The number of rotatable bonds is 6. The van der Waals surface area contributed by atoms with E-state index in [2.05, 4.69) is 192 Å². The second-order valence-corrected chi connectivity index (χ2v) is 11.1. The standard InChI is InChI=1S/2C22H17N.H2O/c2*1-3-11-20(12-4-1)23(21-13-5-2-6-14-21)22-16-15-18-9-7-8-10-19(18)17-22;/h2*1-17H;1H2. The lowest BCUT2D eigenvalue weighted by Gasteiger charge is -2.25. The van der Waals surface area contributed by atoms with Crippen molar-refractivity contribution >= 4 is 55.7 Å². The summed E-state index contributed by atoms with van der Waals surface area (Å²) in [5.41, 5.74) is 6.98. The maximum Gasteiger partial charge on any atom is 0.0468 e. The van der Waals surface area contributed by atoms with Crippen molar-refractivity contribution in [2.24, 2.45) is 0 Å². The average molecular weight is 609 g/mol. The Labute approximate surface area is 276 Å². The Bertz CT molecular complexity index is 1910. The van der Waals surface area contributed by atoms with Gasteiger partial charge in [-0.15, -0.1) is 0 Å². The third-order valence-corrected chi connectivity index (χ3v) is 8.04. The monoisotopic (exact) mass is 608 g/mol.